The molecule has 5 rings (SSSR count). The Hall–Kier alpha value is -2.66. The molecule has 3 amide bonds. The second kappa shape index (κ2) is 8.60. The SMILES string of the molecule is CNC(=O)[C@@H]1[C@H]2C(=O)N(CCCCO)C(C(=O)NCn3nnc4ccccc43)C23CC[C@H]1S3. The average Bonchev–Trinajstić information content (AvgIpc) is 3.57. The molecule has 0 radical (unpaired) electrons. The molecule has 33 heavy (non-hydrogen) atoms. The number of fused-ring (bicyclic) bond motifs is 2. The van der Waals surface area contributed by atoms with E-state index in [0.717, 1.165) is 23.9 Å². The second-order valence-electron chi connectivity index (χ2n) is 8.91. The maximum absolute atomic E-state index is 13.6. The van der Waals surface area contributed by atoms with Crippen LogP contribution in [0.3, 0.4) is 0 Å². The number of hydrogen-bond acceptors (Lipinski definition) is 7. The first-order chi connectivity index (χ1) is 16.0. The normalized spacial score (nSPS) is 30.1. The zero-order chi connectivity index (χ0) is 23.2. The van der Waals surface area contributed by atoms with E-state index in [1.165, 1.54) is 0 Å². The Kier molecular flexibility index (Phi) is 5.77. The minimum Gasteiger partial charge on any atom is -0.396 e. The van der Waals surface area contributed by atoms with Gasteiger partial charge in [-0.3, -0.25) is 14.4 Å². The van der Waals surface area contributed by atoms with Crippen molar-refractivity contribution in [3.8, 4) is 0 Å². The highest BCUT2D eigenvalue weighted by Gasteiger charge is 2.73. The molecule has 2 unspecified atom stereocenters. The highest BCUT2D eigenvalue weighted by atomic mass is 32.2. The lowest BCUT2D eigenvalue weighted by molar-refractivity contribution is -0.140. The third-order valence-electron chi connectivity index (χ3n) is 7.23. The fraction of sp³-hybridized carbons (Fsp3) is 0.591. The van der Waals surface area contributed by atoms with Crippen LogP contribution in [0.15, 0.2) is 24.3 Å². The zero-order valence-electron chi connectivity index (χ0n) is 18.4. The number of unbranched alkanes of at least 4 members (excludes halogenated alkanes) is 1. The van der Waals surface area contributed by atoms with Crippen LogP contribution >= 0.6 is 11.8 Å². The van der Waals surface area contributed by atoms with Gasteiger partial charge in [0.1, 0.15) is 18.2 Å². The van der Waals surface area contributed by atoms with Crippen molar-refractivity contribution in [1.29, 1.82) is 0 Å². The Bertz CT molecular complexity index is 1090. The highest BCUT2D eigenvalue weighted by Crippen LogP contribution is 2.66. The third-order valence-corrected chi connectivity index (χ3v) is 9.18. The molecule has 2 aromatic rings. The first-order valence-electron chi connectivity index (χ1n) is 11.4. The lowest BCUT2D eigenvalue weighted by Crippen LogP contribution is -2.54. The number of nitrogens with one attached hydrogen (secondary N) is 2. The maximum Gasteiger partial charge on any atom is 0.245 e. The van der Waals surface area contributed by atoms with Crippen LogP contribution in [0.5, 0.6) is 0 Å². The van der Waals surface area contributed by atoms with E-state index in [-0.39, 0.29) is 36.2 Å². The molecule has 3 fully saturated rings. The van der Waals surface area contributed by atoms with Crippen molar-refractivity contribution < 1.29 is 19.5 Å². The Labute approximate surface area is 195 Å². The predicted octanol–water partition coefficient (Wildman–Crippen LogP) is 0.115. The van der Waals surface area contributed by atoms with E-state index < -0.39 is 22.6 Å². The molecule has 1 spiro atoms. The number of aromatic nitrogens is 3. The van der Waals surface area contributed by atoms with Crippen LogP contribution in [0.4, 0.5) is 0 Å². The lowest BCUT2D eigenvalue weighted by Gasteiger charge is -2.34. The average molecular weight is 473 g/mol. The van der Waals surface area contributed by atoms with Crippen molar-refractivity contribution in [2.75, 3.05) is 20.2 Å². The van der Waals surface area contributed by atoms with E-state index >= 15 is 0 Å². The Balaban J connectivity index is 1.42. The number of para-hydroxylation sites is 1. The van der Waals surface area contributed by atoms with Crippen LogP contribution in [-0.4, -0.2) is 79.0 Å². The molecule has 3 aliphatic heterocycles. The van der Waals surface area contributed by atoms with Gasteiger partial charge in [0, 0.05) is 25.4 Å². The molecule has 2 bridgehead atoms. The largest absolute Gasteiger partial charge is 0.396 e. The minimum absolute atomic E-state index is 0.0323. The molecule has 3 saturated heterocycles. The number of rotatable bonds is 8. The van der Waals surface area contributed by atoms with E-state index in [9.17, 15) is 19.5 Å². The van der Waals surface area contributed by atoms with E-state index in [0.29, 0.717) is 19.4 Å². The standard InChI is InChI=1S/C22H28N6O4S/c1-23-19(30)16-15-8-9-22(33-15)17(16)21(32)27(10-4-5-11-29)18(22)20(31)24-12-28-14-7-3-2-6-13(14)25-26-28/h2-3,6-7,15-18,29H,4-5,8-12H2,1H3,(H,23,30)(H,24,31)/t15-,16+,17+,18?,22?/m1/s1. The molecule has 0 saturated carbocycles. The first-order valence-corrected chi connectivity index (χ1v) is 12.3. The summed E-state index contributed by atoms with van der Waals surface area (Å²) in [4.78, 5) is 41.5. The molecular formula is C22H28N6O4S. The Morgan fingerprint density at radius 2 is 2.09 bits per heavy atom. The lowest BCUT2D eigenvalue weighted by atomic mass is 9.71. The van der Waals surface area contributed by atoms with Gasteiger partial charge in [-0.2, -0.15) is 0 Å². The molecule has 11 heteroatoms. The topological polar surface area (TPSA) is 129 Å². The summed E-state index contributed by atoms with van der Waals surface area (Å²) in [6.07, 6.45) is 2.69. The Morgan fingerprint density at radius 1 is 1.27 bits per heavy atom. The number of aliphatic hydroxyl groups is 1. The molecule has 3 aliphatic rings. The van der Waals surface area contributed by atoms with Crippen molar-refractivity contribution in [3.63, 3.8) is 0 Å². The molecule has 10 nitrogen and oxygen atoms in total. The predicted molar refractivity (Wildman–Crippen MR) is 122 cm³/mol. The van der Waals surface area contributed by atoms with Crippen LogP contribution in [0.25, 0.3) is 11.0 Å². The molecular weight excluding hydrogens is 444 g/mol. The molecule has 0 aliphatic carbocycles. The second-order valence-corrected chi connectivity index (χ2v) is 10.5. The van der Waals surface area contributed by atoms with Gasteiger partial charge in [0.2, 0.25) is 17.7 Å². The van der Waals surface area contributed by atoms with E-state index in [2.05, 4.69) is 20.9 Å². The quantitative estimate of drug-likeness (QED) is 0.465. The summed E-state index contributed by atoms with van der Waals surface area (Å²) in [5, 5.41) is 23.2. The first kappa shape index (κ1) is 22.1. The van der Waals surface area contributed by atoms with E-state index in [4.69, 9.17) is 0 Å². The molecule has 176 valence electrons. The monoisotopic (exact) mass is 472 g/mol. The summed E-state index contributed by atoms with van der Waals surface area (Å²) in [7, 11) is 1.59. The summed E-state index contributed by atoms with van der Waals surface area (Å²) >= 11 is 1.64. The van der Waals surface area contributed by atoms with E-state index in [1.54, 1.807) is 28.4 Å². The number of likely N-dealkylation sites (tertiary alicyclic amines) is 1. The van der Waals surface area contributed by atoms with Crippen LogP contribution < -0.4 is 10.6 Å². The smallest absolute Gasteiger partial charge is 0.245 e. The number of carbonyl (C=O) groups excluding carboxylic acids is 3. The zero-order valence-corrected chi connectivity index (χ0v) is 19.3. The van der Waals surface area contributed by atoms with Gasteiger partial charge in [0.25, 0.3) is 0 Å². The maximum atomic E-state index is 13.6. The van der Waals surface area contributed by atoms with Crippen molar-refractivity contribution in [2.45, 2.75) is 48.4 Å². The number of thioether (sulfide) groups is 1. The molecule has 1 aromatic carbocycles. The van der Waals surface area contributed by atoms with Gasteiger partial charge >= 0.3 is 0 Å². The number of nitrogens with zero attached hydrogens (tertiary/aromatic N) is 4. The number of aliphatic hydroxyl groups excluding tert-OH is 1. The Morgan fingerprint density at radius 3 is 2.88 bits per heavy atom. The third kappa shape index (κ3) is 3.40. The van der Waals surface area contributed by atoms with Crippen molar-refractivity contribution in [2.24, 2.45) is 11.8 Å². The number of carbonyl (C=O) groups is 3. The summed E-state index contributed by atoms with van der Waals surface area (Å²) in [5.74, 6) is -1.41. The number of amides is 3. The highest BCUT2D eigenvalue weighted by molar-refractivity contribution is 8.02. The van der Waals surface area contributed by atoms with Crippen LogP contribution in [0.1, 0.15) is 25.7 Å². The summed E-state index contributed by atoms with van der Waals surface area (Å²) < 4.78 is 1.02. The number of hydrogen-bond donors (Lipinski definition) is 3. The molecule has 5 atom stereocenters. The molecule has 1 aromatic heterocycles. The van der Waals surface area contributed by atoms with Gasteiger partial charge in [-0.1, -0.05) is 17.3 Å². The molecule has 3 N–H and O–H groups in total. The van der Waals surface area contributed by atoms with Gasteiger partial charge in [-0.15, -0.1) is 16.9 Å². The van der Waals surface area contributed by atoms with Crippen LogP contribution in [0.2, 0.25) is 0 Å². The summed E-state index contributed by atoms with van der Waals surface area (Å²) in [6.45, 7) is 0.556. The van der Waals surface area contributed by atoms with Gasteiger partial charge in [-0.25, -0.2) is 4.68 Å². The minimum atomic E-state index is -0.659. The van der Waals surface area contributed by atoms with Crippen LogP contribution in [-0.2, 0) is 21.1 Å². The summed E-state index contributed by atoms with van der Waals surface area (Å²) in [5.41, 5.74) is 1.55. The van der Waals surface area contributed by atoms with Crippen molar-refractivity contribution in [1.82, 2.24) is 30.5 Å². The summed E-state index contributed by atoms with van der Waals surface area (Å²) in [6, 6.07) is 6.85. The fourth-order valence-corrected chi connectivity index (χ4v) is 8.06. The van der Waals surface area contributed by atoms with Gasteiger partial charge in [0.05, 0.1) is 22.1 Å². The van der Waals surface area contributed by atoms with Crippen molar-refractivity contribution in [3.05, 3.63) is 24.3 Å². The fourth-order valence-electron chi connectivity index (χ4n) is 5.84. The number of benzene rings is 1. The van der Waals surface area contributed by atoms with Crippen LogP contribution in [0, 0.1) is 11.8 Å². The molecule has 4 heterocycles. The van der Waals surface area contributed by atoms with E-state index in [1.807, 2.05) is 24.3 Å². The van der Waals surface area contributed by atoms with Gasteiger partial charge < -0.3 is 20.6 Å². The van der Waals surface area contributed by atoms with Gasteiger partial charge in [0.15, 0.2) is 0 Å². The van der Waals surface area contributed by atoms with Crippen molar-refractivity contribution >= 4 is 40.5 Å². The van der Waals surface area contributed by atoms with Gasteiger partial charge in [-0.05, 0) is 37.8 Å².